The second kappa shape index (κ2) is 6.91. The molecule has 0 spiro atoms. The first-order valence-electron chi connectivity index (χ1n) is 7.47. The van der Waals surface area contributed by atoms with Crippen molar-refractivity contribution in [1.29, 1.82) is 0 Å². The number of hydrogen-bond acceptors (Lipinski definition) is 4. The first kappa shape index (κ1) is 15.7. The Kier molecular flexibility index (Phi) is 4.71. The van der Waals surface area contributed by atoms with Gasteiger partial charge in [-0.05, 0) is 37.5 Å². The van der Waals surface area contributed by atoms with Crippen molar-refractivity contribution in [3.05, 3.63) is 47.1 Å². The monoisotopic (exact) mass is 334 g/mol. The molecule has 1 N–H and O–H groups in total. The van der Waals surface area contributed by atoms with Crippen LogP contribution in [0.5, 0.6) is 0 Å². The summed E-state index contributed by atoms with van der Waals surface area (Å²) in [6.45, 7) is 1.54. The number of nitrogens with one attached hydrogen (secondary N) is 1. The van der Waals surface area contributed by atoms with Gasteiger partial charge < -0.3 is 10.2 Å². The average Bonchev–Trinajstić information content (AvgIpc) is 2.59. The predicted molar refractivity (Wildman–Crippen MR) is 86.5 cm³/mol. The molecular weight excluding hydrogens is 319 g/mol. The SMILES string of the molecule is O=C(c1cnc(Nc2ccc(F)c(Cl)c2)cn1)N1CCCCC1. The Morgan fingerprint density at radius 2 is 1.96 bits per heavy atom. The van der Waals surface area contributed by atoms with Crippen molar-refractivity contribution in [2.24, 2.45) is 0 Å². The lowest BCUT2D eigenvalue weighted by Gasteiger charge is -2.26. The number of carbonyl (C=O) groups excluding carboxylic acids is 1. The number of anilines is 2. The van der Waals surface area contributed by atoms with Gasteiger partial charge in [0.25, 0.3) is 5.91 Å². The molecule has 1 fully saturated rings. The summed E-state index contributed by atoms with van der Waals surface area (Å²) >= 11 is 5.73. The van der Waals surface area contributed by atoms with Gasteiger partial charge in [0.2, 0.25) is 0 Å². The molecule has 0 atom stereocenters. The highest BCUT2D eigenvalue weighted by Gasteiger charge is 2.19. The van der Waals surface area contributed by atoms with E-state index in [1.165, 1.54) is 30.9 Å². The molecule has 0 bridgehead atoms. The van der Waals surface area contributed by atoms with Crippen LogP contribution in [0.2, 0.25) is 5.02 Å². The van der Waals surface area contributed by atoms with Gasteiger partial charge in [0.15, 0.2) is 0 Å². The number of carbonyl (C=O) groups is 1. The van der Waals surface area contributed by atoms with Crippen LogP contribution in [0.3, 0.4) is 0 Å². The minimum Gasteiger partial charge on any atom is -0.339 e. The highest BCUT2D eigenvalue weighted by atomic mass is 35.5. The molecular formula is C16H16ClFN4O. The molecule has 0 saturated carbocycles. The Balaban J connectivity index is 1.68. The summed E-state index contributed by atoms with van der Waals surface area (Å²) in [7, 11) is 0. The Morgan fingerprint density at radius 1 is 1.17 bits per heavy atom. The molecule has 1 saturated heterocycles. The lowest BCUT2D eigenvalue weighted by atomic mass is 10.1. The van der Waals surface area contributed by atoms with Gasteiger partial charge in [0.05, 0.1) is 17.4 Å². The number of likely N-dealkylation sites (tertiary alicyclic amines) is 1. The topological polar surface area (TPSA) is 58.1 Å². The third-order valence-electron chi connectivity index (χ3n) is 3.71. The average molecular weight is 335 g/mol. The molecule has 5 nitrogen and oxygen atoms in total. The fourth-order valence-corrected chi connectivity index (χ4v) is 2.66. The van der Waals surface area contributed by atoms with Crippen LogP contribution in [0, 0.1) is 5.82 Å². The third-order valence-corrected chi connectivity index (χ3v) is 4.00. The first-order chi connectivity index (χ1) is 11.1. The van der Waals surface area contributed by atoms with Crippen molar-refractivity contribution in [3.63, 3.8) is 0 Å². The normalized spacial score (nSPS) is 14.6. The number of hydrogen-bond donors (Lipinski definition) is 1. The van der Waals surface area contributed by atoms with Gasteiger partial charge in [0.1, 0.15) is 17.3 Å². The molecule has 2 aromatic rings. The standard InChI is InChI=1S/C16H16ClFN4O/c17-12-8-11(4-5-13(12)18)21-15-10-19-14(9-20-15)16(23)22-6-2-1-3-7-22/h4-5,8-10H,1-3,6-7H2,(H,20,21). The van der Waals surface area contributed by atoms with Crippen molar-refractivity contribution in [2.75, 3.05) is 18.4 Å². The summed E-state index contributed by atoms with van der Waals surface area (Å²) in [6, 6.07) is 4.29. The number of halogens is 2. The summed E-state index contributed by atoms with van der Waals surface area (Å²) in [6.07, 6.45) is 6.16. The lowest BCUT2D eigenvalue weighted by Crippen LogP contribution is -2.36. The zero-order chi connectivity index (χ0) is 16.2. The highest BCUT2D eigenvalue weighted by Crippen LogP contribution is 2.21. The van der Waals surface area contributed by atoms with Crippen molar-refractivity contribution in [3.8, 4) is 0 Å². The molecule has 1 aliphatic rings. The van der Waals surface area contributed by atoms with Gasteiger partial charge in [0, 0.05) is 18.8 Å². The van der Waals surface area contributed by atoms with Crippen LogP contribution in [0.1, 0.15) is 29.8 Å². The van der Waals surface area contributed by atoms with E-state index in [-0.39, 0.29) is 10.9 Å². The zero-order valence-corrected chi connectivity index (χ0v) is 13.2. The van der Waals surface area contributed by atoms with Crippen molar-refractivity contribution >= 4 is 29.0 Å². The van der Waals surface area contributed by atoms with E-state index >= 15 is 0 Å². The van der Waals surface area contributed by atoms with Crippen LogP contribution in [0.4, 0.5) is 15.9 Å². The third kappa shape index (κ3) is 3.76. The van der Waals surface area contributed by atoms with Gasteiger partial charge in [-0.1, -0.05) is 11.6 Å². The Morgan fingerprint density at radius 3 is 2.61 bits per heavy atom. The maximum atomic E-state index is 13.1. The number of amides is 1. The number of benzene rings is 1. The Labute approximate surface area is 138 Å². The van der Waals surface area contributed by atoms with Crippen LogP contribution >= 0.6 is 11.6 Å². The first-order valence-corrected chi connectivity index (χ1v) is 7.85. The van der Waals surface area contributed by atoms with Gasteiger partial charge >= 0.3 is 0 Å². The summed E-state index contributed by atoms with van der Waals surface area (Å²) in [5.41, 5.74) is 0.926. The van der Waals surface area contributed by atoms with E-state index in [0.717, 1.165) is 25.9 Å². The summed E-state index contributed by atoms with van der Waals surface area (Å²) in [4.78, 5) is 22.5. The molecule has 3 rings (SSSR count). The van der Waals surface area contributed by atoms with E-state index in [2.05, 4.69) is 15.3 Å². The second-order valence-electron chi connectivity index (χ2n) is 5.39. The minimum atomic E-state index is -0.481. The van der Waals surface area contributed by atoms with E-state index in [4.69, 9.17) is 11.6 Å². The maximum absolute atomic E-state index is 13.1. The van der Waals surface area contributed by atoms with Crippen LogP contribution in [0.15, 0.2) is 30.6 Å². The number of nitrogens with zero attached hydrogens (tertiary/aromatic N) is 3. The Hall–Kier alpha value is -2.21. The molecule has 1 aliphatic heterocycles. The van der Waals surface area contributed by atoms with Crippen LogP contribution in [0.25, 0.3) is 0 Å². The van der Waals surface area contributed by atoms with E-state index in [9.17, 15) is 9.18 Å². The van der Waals surface area contributed by atoms with Crippen molar-refractivity contribution in [1.82, 2.24) is 14.9 Å². The van der Waals surface area contributed by atoms with Gasteiger partial charge in [-0.15, -0.1) is 0 Å². The van der Waals surface area contributed by atoms with Gasteiger partial charge in [-0.2, -0.15) is 0 Å². The zero-order valence-electron chi connectivity index (χ0n) is 12.4. The van der Waals surface area contributed by atoms with Gasteiger partial charge in [-0.3, -0.25) is 4.79 Å². The summed E-state index contributed by atoms with van der Waals surface area (Å²) in [5, 5.41) is 3.00. The molecule has 1 aromatic carbocycles. The fourth-order valence-electron chi connectivity index (χ4n) is 2.48. The molecule has 1 aromatic heterocycles. The summed E-state index contributed by atoms with van der Waals surface area (Å²) in [5.74, 6) is -0.109. The molecule has 0 unspecified atom stereocenters. The number of rotatable bonds is 3. The van der Waals surface area contributed by atoms with Crippen LogP contribution in [-0.4, -0.2) is 33.9 Å². The fraction of sp³-hybridized carbons (Fsp3) is 0.312. The quantitative estimate of drug-likeness (QED) is 0.931. The predicted octanol–water partition coefficient (Wildman–Crippen LogP) is 3.64. The molecule has 0 aliphatic carbocycles. The lowest BCUT2D eigenvalue weighted by molar-refractivity contribution is 0.0718. The van der Waals surface area contributed by atoms with E-state index in [0.29, 0.717) is 17.2 Å². The number of piperidine rings is 1. The van der Waals surface area contributed by atoms with Crippen LogP contribution < -0.4 is 5.32 Å². The van der Waals surface area contributed by atoms with Gasteiger partial charge in [-0.25, -0.2) is 14.4 Å². The summed E-state index contributed by atoms with van der Waals surface area (Å²) < 4.78 is 13.1. The van der Waals surface area contributed by atoms with Crippen LogP contribution in [-0.2, 0) is 0 Å². The Bertz CT molecular complexity index is 702. The molecule has 2 heterocycles. The molecule has 120 valence electrons. The second-order valence-corrected chi connectivity index (χ2v) is 5.80. The molecule has 1 amide bonds. The van der Waals surface area contributed by atoms with E-state index < -0.39 is 5.82 Å². The molecule has 0 radical (unpaired) electrons. The minimum absolute atomic E-state index is 0.0276. The number of aromatic nitrogens is 2. The maximum Gasteiger partial charge on any atom is 0.274 e. The highest BCUT2D eigenvalue weighted by molar-refractivity contribution is 6.31. The van der Waals surface area contributed by atoms with E-state index in [1.54, 1.807) is 11.0 Å². The molecule has 23 heavy (non-hydrogen) atoms. The molecule has 7 heteroatoms. The van der Waals surface area contributed by atoms with Crippen molar-refractivity contribution < 1.29 is 9.18 Å². The largest absolute Gasteiger partial charge is 0.339 e. The van der Waals surface area contributed by atoms with Crippen molar-refractivity contribution in [2.45, 2.75) is 19.3 Å². The van der Waals surface area contributed by atoms with E-state index in [1.807, 2.05) is 0 Å². The smallest absolute Gasteiger partial charge is 0.274 e.